The molecule has 0 saturated carbocycles. The van der Waals surface area contributed by atoms with Crippen molar-refractivity contribution in [2.45, 2.75) is 26.3 Å². The van der Waals surface area contributed by atoms with Gasteiger partial charge in [-0.3, -0.25) is 9.52 Å². The Kier molecular flexibility index (Phi) is 5.69. The van der Waals surface area contributed by atoms with Gasteiger partial charge in [0.2, 0.25) is 15.9 Å². The first-order chi connectivity index (χ1) is 13.3. The minimum absolute atomic E-state index is 0.170. The number of nitrogens with one attached hydrogen (secondary N) is 1. The van der Waals surface area contributed by atoms with Crippen molar-refractivity contribution in [1.29, 1.82) is 0 Å². The highest BCUT2D eigenvalue weighted by atomic mass is 32.2. The molecule has 1 N–H and O–H groups in total. The van der Waals surface area contributed by atoms with Gasteiger partial charge in [-0.25, -0.2) is 13.4 Å². The van der Waals surface area contributed by atoms with E-state index >= 15 is 0 Å². The highest BCUT2D eigenvalue weighted by Gasteiger charge is 2.33. The SMILES string of the molecule is CCOc1ccccc1[C@H]1CC(c2cccc(NS(C)(=O)=O)c2)=NN1C(C)=O. The van der Waals surface area contributed by atoms with Crippen molar-refractivity contribution in [2.75, 3.05) is 17.6 Å². The van der Waals surface area contributed by atoms with E-state index in [1.165, 1.54) is 11.9 Å². The minimum atomic E-state index is -3.38. The summed E-state index contributed by atoms with van der Waals surface area (Å²) in [5.74, 6) is 0.557. The molecule has 3 rings (SSSR count). The van der Waals surface area contributed by atoms with Crippen LogP contribution >= 0.6 is 0 Å². The van der Waals surface area contributed by atoms with E-state index in [1.54, 1.807) is 18.2 Å². The maximum absolute atomic E-state index is 12.2. The number of amides is 1. The molecule has 0 unspecified atom stereocenters. The van der Waals surface area contributed by atoms with Crippen LogP contribution in [0.3, 0.4) is 0 Å². The molecule has 2 aromatic carbocycles. The third-order valence-electron chi connectivity index (χ3n) is 4.31. The number of hydrogen-bond donors (Lipinski definition) is 1. The molecule has 0 aliphatic carbocycles. The van der Waals surface area contributed by atoms with Gasteiger partial charge in [-0.05, 0) is 30.7 Å². The van der Waals surface area contributed by atoms with E-state index in [1.807, 2.05) is 37.3 Å². The van der Waals surface area contributed by atoms with Crippen LogP contribution in [0.15, 0.2) is 53.6 Å². The summed E-state index contributed by atoms with van der Waals surface area (Å²) < 4.78 is 31.2. The van der Waals surface area contributed by atoms with E-state index in [2.05, 4.69) is 9.82 Å². The predicted molar refractivity (Wildman–Crippen MR) is 109 cm³/mol. The van der Waals surface area contributed by atoms with Gasteiger partial charge in [0.1, 0.15) is 5.75 Å². The third kappa shape index (κ3) is 4.51. The molecule has 28 heavy (non-hydrogen) atoms. The van der Waals surface area contributed by atoms with E-state index in [4.69, 9.17) is 4.74 Å². The Hall–Kier alpha value is -2.87. The molecule has 0 saturated heterocycles. The number of rotatable bonds is 6. The average Bonchev–Trinajstić information content (AvgIpc) is 3.07. The normalized spacial score (nSPS) is 16.6. The zero-order valence-electron chi connectivity index (χ0n) is 16.0. The average molecular weight is 401 g/mol. The van der Waals surface area contributed by atoms with Crippen molar-refractivity contribution in [2.24, 2.45) is 5.10 Å². The van der Waals surface area contributed by atoms with Crippen molar-refractivity contribution < 1.29 is 17.9 Å². The molecular formula is C20H23N3O4S. The van der Waals surface area contributed by atoms with E-state index < -0.39 is 10.0 Å². The van der Waals surface area contributed by atoms with Gasteiger partial charge in [0.25, 0.3) is 0 Å². The Morgan fingerprint density at radius 1 is 1.25 bits per heavy atom. The summed E-state index contributed by atoms with van der Waals surface area (Å²) in [6.45, 7) is 3.91. The Morgan fingerprint density at radius 2 is 2.00 bits per heavy atom. The lowest BCUT2D eigenvalue weighted by Crippen LogP contribution is -2.24. The van der Waals surface area contributed by atoms with E-state index in [0.717, 1.165) is 23.1 Å². The van der Waals surface area contributed by atoms with Gasteiger partial charge < -0.3 is 4.74 Å². The Bertz CT molecular complexity index is 1020. The first-order valence-corrected chi connectivity index (χ1v) is 10.8. The molecule has 1 atom stereocenters. The number of carbonyl (C=O) groups excluding carboxylic acids is 1. The molecule has 8 heteroatoms. The van der Waals surface area contributed by atoms with Crippen LogP contribution in [0.5, 0.6) is 5.75 Å². The topological polar surface area (TPSA) is 88.1 Å². The lowest BCUT2D eigenvalue weighted by molar-refractivity contribution is -0.130. The standard InChI is InChI=1S/C20H23N3O4S/c1-4-27-20-11-6-5-10-17(20)19-13-18(21-23(19)14(2)24)15-8-7-9-16(12-15)22-28(3,25)26/h5-12,19,22H,4,13H2,1-3H3/t19-/m1/s1. The maximum Gasteiger partial charge on any atom is 0.240 e. The van der Waals surface area contributed by atoms with E-state index in [9.17, 15) is 13.2 Å². The van der Waals surface area contributed by atoms with E-state index in [0.29, 0.717) is 24.4 Å². The molecule has 0 radical (unpaired) electrons. The lowest BCUT2D eigenvalue weighted by Gasteiger charge is -2.22. The Balaban J connectivity index is 1.95. The van der Waals surface area contributed by atoms with Gasteiger partial charge >= 0.3 is 0 Å². The van der Waals surface area contributed by atoms with Crippen LogP contribution in [0.4, 0.5) is 5.69 Å². The summed E-state index contributed by atoms with van der Waals surface area (Å²) in [7, 11) is -3.38. The number of anilines is 1. The van der Waals surface area contributed by atoms with Crippen molar-refractivity contribution in [3.8, 4) is 5.75 Å². The zero-order valence-corrected chi connectivity index (χ0v) is 16.9. The molecule has 1 amide bonds. The summed E-state index contributed by atoms with van der Waals surface area (Å²) in [4.78, 5) is 12.2. The van der Waals surface area contributed by atoms with Gasteiger partial charge in [0.05, 0.1) is 24.6 Å². The van der Waals surface area contributed by atoms with Crippen molar-refractivity contribution >= 4 is 27.3 Å². The van der Waals surface area contributed by atoms with Crippen molar-refractivity contribution in [3.05, 3.63) is 59.7 Å². The number of para-hydroxylation sites is 1. The van der Waals surface area contributed by atoms with Crippen LogP contribution in [-0.4, -0.2) is 37.9 Å². The highest BCUT2D eigenvalue weighted by Crippen LogP contribution is 2.37. The van der Waals surface area contributed by atoms with Crippen molar-refractivity contribution in [1.82, 2.24) is 5.01 Å². The largest absolute Gasteiger partial charge is 0.494 e. The summed E-state index contributed by atoms with van der Waals surface area (Å²) in [6.07, 6.45) is 1.61. The summed E-state index contributed by atoms with van der Waals surface area (Å²) in [5, 5.41) is 5.98. The summed E-state index contributed by atoms with van der Waals surface area (Å²) in [6, 6.07) is 14.3. The van der Waals surface area contributed by atoms with Gasteiger partial charge in [-0.15, -0.1) is 0 Å². The molecule has 1 aliphatic heterocycles. The quantitative estimate of drug-likeness (QED) is 0.805. The number of hydrogen-bond acceptors (Lipinski definition) is 5. The molecule has 7 nitrogen and oxygen atoms in total. The number of hydrazone groups is 1. The molecule has 148 valence electrons. The molecule has 1 heterocycles. The van der Waals surface area contributed by atoms with Crippen LogP contribution in [0.25, 0.3) is 0 Å². The van der Waals surface area contributed by atoms with Gasteiger partial charge in [0.15, 0.2) is 0 Å². The molecule has 2 aromatic rings. The molecule has 0 spiro atoms. The summed E-state index contributed by atoms with van der Waals surface area (Å²) in [5.41, 5.74) is 2.82. The predicted octanol–water partition coefficient (Wildman–Crippen LogP) is 3.15. The number of carbonyl (C=O) groups is 1. The molecular weight excluding hydrogens is 378 g/mol. The first-order valence-electron chi connectivity index (χ1n) is 8.95. The highest BCUT2D eigenvalue weighted by molar-refractivity contribution is 7.92. The number of benzene rings is 2. The molecule has 1 aliphatic rings. The Labute approximate surface area is 165 Å². The van der Waals surface area contributed by atoms with Gasteiger partial charge in [-0.1, -0.05) is 30.3 Å². The van der Waals surface area contributed by atoms with Gasteiger partial charge in [0, 0.05) is 24.6 Å². The maximum atomic E-state index is 12.2. The third-order valence-corrected chi connectivity index (χ3v) is 4.92. The first kappa shape index (κ1) is 19.9. The minimum Gasteiger partial charge on any atom is -0.494 e. The Morgan fingerprint density at radius 3 is 2.68 bits per heavy atom. The van der Waals surface area contributed by atoms with Crippen LogP contribution in [0, 0.1) is 0 Å². The zero-order chi connectivity index (χ0) is 20.3. The fourth-order valence-electron chi connectivity index (χ4n) is 3.24. The number of sulfonamides is 1. The van der Waals surface area contributed by atoms with Crippen LogP contribution in [0.1, 0.15) is 37.4 Å². The number of nitrogens with zero attached hydrogens (tertiary/aromatic N) is 2. The second-order valence-electron chi connectivity index (χ2n) is 6.56. The molecule has 0 bridgehead atoms. The van der Waals surface area contributed by atoms with Crippen molar-refractivity contribution in [3.63, 3.8) is 0 Å². The molecule has 0 fully saturated rings. The van der Waals surface area contributed by atoms with Gasteiger partial charge in [-0.2, -0.15) is 5.10 Å². The van der Waals surface area contributed by atoms with Crippen LogP contribution in [-0.2, 0) is 14.8 Å². The lowest BCUT2D eigenvalue weighted by atomic mass is 9.97. The second kappa shape index (κ2) is 8.02. The smallest absolute Gasteiger partial charge is 0.240 e. The monoisotopic (exact) mass is 401 g/mol. The second-order valence-corrected chi connectivity index (χ2v) is 8.30. The number of ether oxygens (including phenoxy) is 1. The van der Waals surface area contributed by atoms with Crippen LogP contribution in [0.2, 0.25) is 0 Å². The van der Waals surface area contributed by atoms with Crippen LogP contribution < -0.4 is 9.46 Å². The fraction of sp³-hybridized carbons (Fsp3) is 0.300. The van der Waals surface area contributed by atoms with E-state index in [-0.39, 0.29) is 11.9 Å². The summed E-state index contributed by atoms with van der Waals surface area (Å²) >= 11 is 0. The fourth-order valence-corrected chi connectivity index (χ4v) is 3.79. The molecule has 0 aromatic heterocycles.